The SMILES string of the molecule is Cc1ccccc1C1CC(C)N(C(=O)C2CCC(C(=O)O)CC2)C1. The van der Waals surface area contributed by atoms with Gasteiger partial charge in [-0.1, -0.05) is 24.3 Å². The van der Waals surface area contributed by atoms with Crippen LogP contribution in [0.1, 0.15) is 56.1 Å². The van der Waals surface area contributed by atoms with Crippen molar-refractivity contribution in [2.24, 2.45) is 11.8 Å². The molecule has 1 saturated heterocycles. The molecule has 1 aliphatic heterocycles. The van der Waals surface area contributed by atoms with E-state index in [1.54, 1.807) is 0 Å². The summed E-state index contributed by atoms with van der Waals surface area (Å²) in [7, 11) is 0. The Labute approximate surface area is 143 Å². The van der Waals surface area contributed by atoms with Crippen LogP contribution in [-0.2, 0) is 9.59 Å². The number of benzene rings is 1. The number of carboxylic acids is 1. The first-order valence-electron chi connectivity index (χ1n) is 9.06. The van der Waals surface area contributed by atoms with E-state index in [1.807, 2.05) is 4.90 Å². The van der Waals surface area contributed by atoms with E-state index in [0.29, 0.717) is 31.6 Å². The number of carbonyl (C=O) groups excluding carboxylic acids is 1. The molecule has 1 N–H and O–H groups in total. The van der Waals surface area contributed by atoms with Gasteiger partial charge in [0.15, 0.2) is 0 Å². The molecule has 0 radical (unpaired) electrons. The van der Waals surface area contributed by atoms with Crippen molar-refractivity contribution in [1.29, 1.82) is 0 Å². The van der Waals surface area contributed by atoms with E-state index in [2.05, 4.69) is 38.1 Å². The number of likely N-dealkylation sites (tertiary alicyclic amines) is 1. The minimum absolute atomic E-state index is 0.0127. The lowest BCUT2D eigenvalue weighted by Crippen LogP contribution is -2.40. The van der Waals surface area contributed by atoms with Crippen LogP contribution < -0.4 is 0 Å². The van der Waals surface area contributed by atoms with E-state index < -0.39 is 5.97 Å². The fourth-order valence-electron chi connectivity index (χ4n) is 4.43. The maximum Gasteiger partial charge on any atom is 0.306 e. The second kappa shape index (κ2) is 6.96. The Balaban J connectivity index is 1.64. The molecular formula is C20H27NO3. The van der Waals surface area contributed by atoms with Gasteiger partial charge in [0, 0.05) is 24.4 Å². The summed E-state index contributed by atoms with van der Waals surface area (Å²) < 4.78 is 0. The number of hydrogen-bond donors (Lipinski definition) is 1. The van der Waals surface area contributed by atoms with Gasteiger partial charge in [-0.25, -0.2) is 0 Å². The number of carboxylic acid groups (broad SMARTS) is 1. The lowest BCUT2D eigenvalue weighted by atomic mass is 9.81. The summed E-state index contributed by atoms with van der Waals surface area (Å²) in [5, 5.41) is 9.11. The molecule has 2 fully saturated rings. The maximum atomic E-state index is 12.9. The Kier molecular flexibility index (Phi) is 4.93. The number of rotatable bonds is 3. The summed E-state index contributed by atoms with van der Waals surface area (Å²) in [6.07, 6.45) is 3.72. The standard InChI is InChI=1S/C20H27NO3/c1-13-5-3-4-6-18(13)17-11-14(2)21(12-17)19(22)15-7-9-16(10-8-15)20(23)24/h3-6,14-17H,7-12H2,1-2H3,(H,23,24). The highest BCUT2D eigenvalue weighted by Gasteiger charge is 2.38. The zero-order valence-corrected chi connectivity index (χ0v) is 14.6. The average Bonchev–Trinajstić information content (AvgIpc) is 2.96. The van der Waals surface area contributed by atoms with Crippen molar-refractivity contribution < 1.29 is 14.7 Å². The van der Waals surface area contributed by atoms with E-state index in [-0.39, 0.29) is 23.8 Å². The molecule has 1 amide bonds. The first-order chi connectivity index (χ1) is 11.5. The molecular weight excluding hydrogens is 302 g/mol. The van der Waals surface area contributed by atoms with Gasteiger partial charge in [0.05, 0.1) is 5.92 Å². The molecule has 4 nitrogen and oxygen atoms in total. The molecule has 1 heterocycles. The Bertz CT molecular complexity index is 619. The normalized spacial score (nSPS) is 30.3. The number of aryl methyl sites for hydroxylation is 1. The zero-order chi connectivity index (χ0) is 17.3. The van der Waals surface area contributed by atoms with Crippen molar-refractivity contribution in [1.82, 2.24) is 4.90 Å². The van der Waals surface area contributed by atoms with Gasteiger partial charge in [-0.2, -0.15) is 0 Å². The molecule has 2 atom stereocenters. The largest absolute Gasteiger partial charge is 0.481 e. The Morgan fingerprint density at radius 2 is 1.71 bits per heavy atom. The maximum absolute atomic E-state index is 12.9. The second-order valence-corrected chi connectivity index (χ2v) is 7.52. The highest BCUT2D eigenvalue weighted by atomic mass is 16.4. The zero-order valence-electron chi connectivity index (χ0n) is 14.6. The third-order valence-electron chi connectivity index (χ3n) is 5.91. The number of hydrogen-bond acceptors (Lipinski definition) is 2. The minimum atomic E-state index is -0.713. The molecule has 1 saturated carbocycles. The van der Waals surface area contributed by atoms with E-state index in [4.69, 9.17) is 5.11 Å². The Hall–Kier alpha value is -1.84. The van der Waals surface area contributed by atoms with Crippen LogP contribution in [0.2, 0.25) is 0 Å². The molecule has 24 heavy (non-hydrogen) atoms. The van der Waals surface area contributed by atoms with Crippen molar-refractivity contribution in [3.8, 4) is 0 Å². The fraction of sp³-hybridized carbons (Fsp3) is 0.600. The van der Waals surface area contributed by atoms with Crippen LogP contribution in [-0.4, -0.2) is 34.5 Å². The van der Waals surface area contributed by atoms with Gasteiger partial charge in [-0.15, -0.1) is 0 Å². The summed E-state index contributed by atoms with van der Waals surface area (Å²) in [4.78, 5) is 26.0. The smallest absolute Gasteiger partial charge is 0.306 e. The van der Waals surface area contributed by atoms with Crippen LogP contribution in [0.15, 0.2) is 24.3 Å². The molecule has 130 valence electrons. The van der Waals surface area contributed by atoms with Crippen LogP contribution in [0.5, 0.6) is 0 Å². The second-order valence-electron chi connectivity index (χ2n) is 7.52. The quantitative estimate of drug-likeness (QED) is 0.922. The molecule has 4 heteroatoms. The molecule has 0 spiro atoms. The third kappa shape index (κ3) is 3.33. The first kappa shape index (κ1) is 17.0. The van der Waals surface area contributed by atoms with E-state index in [9.17, 15) is 9.59 Å². The van der Waals surface area contributed by atoms with Crippen LogP contribution in [0, 0.1) is 18.8 Å². The van der Waals surface area contributed by atoms with Gasteiger partial charge in [-0.05, 0) is 57.1 Å². The number of aliphatic carboxylic acids is 1. The molecule has 1 aliphatic carbocycles. The highest BCUT2D eigenvalue weighted by molar-refractivity contribution is 5.80. The molecule has 2 aliphatic rings. The first-order valence-corrected chi connectivity index (χ1v) is 9.06. The van der Waals surface area contributed by atoms with Crippen molar-refractivity contribution in [3.63, 3.8) is 0 Å². The van der Waals surface area contributed by atoms with Crippen molar-refractivity contribution in [2.75, 3.05) is 6.54 Å². The number of carbonyl (C=O) groups is 2. The summed E-state index contributed by atoms with van der Waals surface area (Å²) in [6, 6.07) is 8.71. The molecule has 2 unspecified atom stereocenters. The number of amides is 1. The van der Waals surface area contributed by atoms with Crippen molar-refractivity contribution in [2.45, 2.75) is 57.9 Å². The van der Waals surface area contributed by atoms with Gasteiger partial charge >= 0.3 is 5.97 Å². The van der Waals surface area contributed by atoms with Crippen molar-refractivity contribution >= 4 is 11.9 Å². The number of nitrogens with zero attached hydrogens (tertiary/aromatic N) is 1. The summed E-state index contributed by atoms with van der Waals surface area (Å²) >= 11 is 0. The predicted octanol–water partition coefficient (Wildman–Crippen LogP) is 3.59. The van der Waals surface area contributed by atoms with Gasteiger partial charge in [0.1, 0.15) is 0 Å². The third-order valence-corrected chi connectivity index (χ3v) is 5.91. The average molecular weight is 329 g/mol. The molecule has 0 aromatic heterocycles. The van der Waals surface area contributed by atoms with Gasteiger partial charge in [0.2, 0.25) is 5.91 Å². The summed E-state index contributed by atoms with van der Waals surface area (Å²) in [6.45, 7) is 5.07. The predicted molar refractivity (Wildman–Crippen MR) is 92.8 cm³/mol. The van der Waals surface area contributed by atoms with E-state index in [1.165, 1.54) is 11.1 Å². The lowest BCUT2D eigenvalue weighted by Gasteiger charge is -2.31. The Morgan fingerprint density at radius 1 is 1.08 bits per heavy atom. The summed E-state index contributed by atoms with van der Waals surface area (Å²) in [5.41, 5.74) is 2.65. The lowest BCUT2D eigenvalue weighted by molar-refractivity contribution is -0.145. The molecule has 0 bridgehead atoms. The van der Waals surface area contributed by atoms with E-state index in [0.717, 1.165) is 13.0 Å². The van der Waals surface area contributed by atoms with Gasteiger partial charge in [-0.3, -0.25) is 9.59 Å². The van der Waals surface area contributed by atoms with Crippen LogP contribution >= 0.6 is 0 Å². The topological polar surface area (TPSA) is 57.6 Å². The van der Waals surface area contributed by atoms with Crippen LogP contribution in [0.3, 0.4) is 0 Å². The monoisotopic (exact) mass is 329 g/mol. The van der Waals surface area contributed by atoms with Crippen LogP contribution in [0.25, 0.3) is 0 Å². The summed E-state index contributed by atoms with van der Waals surface area (Å²) in [5.74, 6) is -0.304. The van der Waals surface area contributed by atoms with Crippen LogP contribution in [0.4, 0.5) is 0 Å². The highest BCUT2D eigenvalue weighted by Crippen LogP contribution is 2.37. The minimum Gasteiger partial charge on any atom is -0.481 e. The van der Waals surface area contributed by atoms with E-state index >= 15 is 0 Å². The van der Waals surface area contributed by atoms with Gasteiger partial charge in [0.25, 0.3) is 0 Å². The Morgan fingerprint density at radius 3 is 2.33 bits per heavy atom. The van der Waals surface area contributed by atoms with Crippen molar-refractivity contribution in [3.05, 3.63) is 35.4 Å². The molecule has 1 aromatic carbocycles. The fourth-order valence-corrected chi connectivity index (χ4v) is 4.43. The van der Waals surface area contributed by atoms with Gasteiger partial charge < -0.3 is 10.0 Å². The molecule has 1 aromatic rings. The molecule has 3 rings (SSSR count).